The first-order chi connectivity index (χ1) is 24.3. The molecule has 9 nitrogen and oxygen atoms in total. The molecular weight excluding hydrogens is 850 g/mol. The van der Waals surface area contributed by atoms with Gasteiger partial charge in [-0.2, -0.15) is 26.3 Å². The van der Waals surface area contributed by atoms with Crippen molar-refractivity contribution >= 4 is 67.0 Å². The van der Waals surface area contributed by atoms with Gasteiger partial charge < -0.3 is 25.4 Å². The zero-order valence-electron chi connectivity index (χ0n) is 27.2. The Morgan fingerprint density at radius 1 is 0.692 bits per heavy atom. The van der Waals surface area contributed by atoms with Gasteiger partial charge in [0.15, 0.2) is 16.2 Å². The Morgan fingerprint density at radius 2 is 1.13 bits per heavy atom. The smallest absolute Gasteiger partial charge is 0.391 e. The normalized spacial score (nSPS) is 33.6. The van der Waals surface area contributed by atoms with Gasteiger partial charge in [0.1, 0.15) is 22.7 Å². The van der Waals surface area contributed by atoms with Crippen LogP contribution < -0.4 is 30.7 Å². The van der Waals surface area contributed by atoms with Crippen LogP contribution in [-0.4, -0.2) is 46.5 Å². The molecular formula is C34H32Br2F6N4O5S. The molecule has 52 heavy (non-hydrogen) atoms. The number of alkyl halides is 6. The minimum Gasteiger partial charge on any atom is -0.487 e. The van der Waals surface area contributed by atoms with Crippen LogP contribution in [0.4, 0.5) is 31.1 Å². The number of carbonyl (C=O) groups excluding carboxylic acids is 3. The number of amides is 4. The van der Waals surface area contributed by atoms with Crippen molar-refractivity contribution < 1.29 is 50.2 Å². The Balaban J connectivity index is 0.000000162. The van der Waals surface area contributed by atoms with E-state index >= 15 is 0 Å². The molecule has 2 aliphatic carbocycles. The van der Waals surface area contributed by atoms with E-state index in [1.54, 1.807) is 36.4 Å². The molecule has 0 radical (unpaired) electrons. The summed E-state index contributed by atoms with van der Waals surface area (Å²) in [7, 11) is 0. The van der Waals surface area contributed by atoms with Gasteiger partial charge >= 0.3 is 18.4 Å². The van der Waals surface area contributed by atoms with Crippen LogP contribution in [0.15, 0.2) is 45.3 Å². The predicted octanol–water partition coefficient (Wildman–Crippen LogP) is 7.68. The molecule has 0 aromatic heterocycles. The lowest BCUT2D eigenvalue weighted by atomic mass is 9.68. The Kier molecular flexibility index (Phi) is 9.12. The van der Waals surface area contributed by atoms with Crippen LogP contribution in [0.1, 0.15) is 75.3 Å². The van der Waals surface area contributed by atoms with E-state index in [0.717, 1.165) is 4.47 Å². The Hall–Kier alpha value is -3.12. The fourth-order valence-corrected chi connectivity index (χ4v) is 9.86. The van der Waals surface area contributed by atoms with E-state index in [1.165, 1.54) is 0 Å². The summed E-state index contributed by atoms with van der Waals surface area (Å²) in [5.74, 6) is -3.06. The van der Waals surface area contributed by atoms with Crippen molar-refractivity contribution in [2.75, 3.05) is 0 Å². The van der Waals surface area contributed by atoms with E-state index in [2.05, 4.69) is 53.1 Å². The Labute approximate surface area is 315 Å². The largest absolute Gasteiger partial charge is 0.487 e. The number of hydrogen-bond donors (Lipinski definition) is 4. The number of imide groups is 1. The Bertz CT molecular complexity index is 1740. The lowest BCUT2D eigenvalue weighted by Gasteiger charge is -2.49. The van der Waals surface area contributed by atoms with Gasteiger partial charge in [-0.15, -0.1) is 0 Å². The van der Waals surface area contributed by atoms with E-state index in [-0.39, 0.29) is 49.5 Å². The molecule has 4 heterocycles. The van der Waals surface area contributed by atoms with Crippen molar-refractivity contribution in [3.05, 3.63) is 56.5 Å². The zero-order valence-corrected chi connectivity index (χ0v) is 31.2. The summed E-state index contributed by atoms with van der Waals surface area (Å²) in [4.78, 5) is 37.3. The number of benzene rings is 2. The number of hydrogen-bond acceptors (Lipinski definition) is 6. The molecule has 2 saturated heterocycles. The maximum Gasteiger partial charge on any atom is 0.391 e. The Morgan fingerprint density at radius 3 is 1.52 bits per heavy atom. The first kappa shape index (κ1) is 37.2. The van der Waals surface area contributed by atoms with Crippen LogP contribution in [0.5, 0.6) is 11.5 Å². The summed E-state index contributed by atoms with van der Waals surface area (Å²) < 4.78 is 93.7. The van der Waals surface area contributed by atoms with Crippen molar-refractivity contribution in [3.8, 4) is 11.5 Å². The van der Waals surface area contributed by atoms with Gasteiger partial charge in [0, 0.05) is 32.9 Å². The highest BCUT2D eigenvalue weighted by Gasteiger charge is 2.62. The van der Waals surface area contributed by atoms with E-state index < -0.39 is 58.4 Å². The second kappa shape index (κ2) is 12.7. The minimum atomic E-state index is -4.31. The van der Waals surface area contributed by atoms with E-state index in [9.17, 15) is 40.7 Å². The third-order valence-corrected chi connectivity index (χ3v) is 12.2. The molecule has 6 atom stereocenters. The molecule has 8 rings (SSSR count). The van der Waals surface area contributed by atoms with Crippen LogP contribution in [0.2, 0.25) is 0 Å². The van der Waals surface area contributed by atoms with Crippen molar-refractivity contribution in [1.29, 1.82) is 0 Å². The van der Waals surface area contributed by atoms with Gasteiger partial charge in [-0.3, -0.25) is 14.9 Å². The number of nitrogens with one attached hydrogen (secondary N) is 4. The average Bonchev–Trinajstić information content (AvgIpc) is 3.49. The molecule has 18 heteroatoms. The molecule has 2 aromatic rings. The summed E-state index contributed by atoms with van der Waals surface area (Å²) in [5, 5.41) is 10.7. The predicted molar refractivity (Wildman–Crippen MR) is 184 cm³/mol. The number of fused-ring (bicyclic) bond motifs is 4. The summed E-state index contributed by atoms with van der Waals surface area (Å²) in [5.41, 5.74) is -3.78. The van der Waals surface area contributed by atoms with Gasteiger partial charge in [-0.05, 0) is 100.0 Å². The fraction of sp³-hybridized carbons (Fsp3) is 0.529. The van der Waals surface area contributed by atoms with E-state index in [1.807, 2.05) is 0 Å². The molecule has 4 amide bonds. The lowest BCUT2D eigenvalue weighted by Crippen LogP contribution is -2.58. The number of halogens is 8. The van der Waals surface area contributed by atoms with Crippen LogP contribution in [-0.2, 0) is 20.7 Å². The van der Waals surface area contributed by atoms with Crippen molar-refractivity contribution in [2.45, 2.75) is 98.8 Å². The SMILES string of the molecule is O=C1NC(=O)C2(CC3(CCCC(C(F)(F)F)C3)Oc3ccc(Br)cc32)N1.O=C1NC(=S)NC12CC1(CCCC(C(F)(F)F)C1)Oc1ccc(Br)cc12. The highest BCUT2D eigenvalue weighted by molar-refractivity contribution is 9.10. The van der Waals surface area contributed by atoms with Crippen LogP contribution >= 0.6 is 44.1 Å². The number of carbonyl (C=O) groups is 3. The molecule has 4 N–H and O–H groups in total. The highest BCUT2D eigenvalue weighted by Crippen LogP contribution is 2.55. The zero-order chi connectivity index (χ0) is 37.5. The third-order valence-electron chi connectivity index (χ3n) is 11.0. The van der Waals surface area contributed by atoms with Gasteiger partial charge in [0.2, 0.25) is 0 Å². The van der Waals surface area contributed by atoms with Crippen molar-refractivity contribution in [2.24, 2.45) is 11.8 Å². The molecule has 6 unspecified atom stereocenters. The van der Waals surface area contributed by atoms with Crippen molar-refractivity contribution in [1.82, 2.24) is 21.3 Å². The maximum atomic E-state index is 13.4. The molecule has 280 valence electrons. The molecule has 6 aliphatic rings. The second-order valence-electron chi connectivity index (χ2n) is 14.5. The number of thiocarbonyl (C=S) groups is 1. The first-order valence-corrected chi connectivity index (χ1v) is 18.7. The third kappa shape index (κ3) is 6.54. The van der Waals surface area contributed by atoms with Gasteiger partial charge in [-0.25, -0.2) is 4.79 Å². The molecule has 4 fully saturated rings. The summed E-state index contributed by atoms with van der Waals surface area (Å²) in [6, 6.07) is 9.53. The number of rotatable bonds is 0. The van der Waals surface area contributed by atoms with Gasteiger partial charge in [0.25, 0.3) is 11.8 Å². The highest BCUT2D eigenvalue weighted by atomic mass is 79.9. The first-order valence-electron chi connectivity index (χ1n) is 16.7. The van der Waals surface area contributed by atoms with Crippen molar-refractivity contribution in [3.63, 3.8) is 0 Å². The molecule has 2 saturated carbocycles. The number of ether oxygens (including phenoxy) is 2. The monoisotopic (exact) mass is 880 g/mol. The summed E-state index contributed by atoms with van der Waals surface area (Å²) in [6.45, 7) is 0. The standard InChI is InChI=1S/C17H16BrF3N2O3.C17H16BrF3N2O2S/c18-10-3-4-12-11(6-10)16(13(24)22-14(25)23-16)8-15(26-12)5-1-2-9(7-15)17(19,20)21;18-10-3-4-12-11(6-10)16(13(24)22-14(26)23-16)8-15(25-12)5-1-2-9(7-15)17(19,20)21/h3-4,6,9H,1-2,5,7-8H2,(H2,22,23,24,25);3-4,6,9H,1-2,5,7-8H2,(H2,22,23,24,26). The summed E-state index contributed by atoms with van der Waals surface area (Å²) >= 11 is 11.8. The lowest BCUT2D eigenvalue weighted by molar-refractivity contribution is -0.201. The minimum absolute atomic E-state index is 0.0202. The quantitative estimate of drug-likeness (QED) is 0.122. The fourth-order valence-electron chi connectivity index (χ4n) is 8.87. The maximum absolute atomic E-state index is 13.4. The molecule has 0 bridgehead atoms. The van der Waals surface area contributed by atoms with E-state index in [0.29, 0.717) is 52.8 Å². The van der Waals surface area contributed by atoms with E-state index in [4.69, 9.17) is 21.7 Å². The molecule has 2 aromatic carbocycles. The average molecular weight is 883 g/mol. The topological polar surface area (TPSA) is 118 Å². The second-order valence-corrected chi connectivity index (χ2v) is 16.7. The van der Waals surface area contributed by atoms with Gasteiger partial charge in [-0.1, -0.05) is 31.9 Å². The van der Waals surface area contributed by atoms with Crippen LogP contribution in [0.25, 0.3) is 0 Å². The number of urea groups is 1. The molecule has 4 spiro atoms. The van der Waals surface area contributed by atoms with Crippen LogP contribution in [0.3, 0.4) is 0 Å². The molecule has 4 aliphatic heterocycles. The van der Waals surface area contributed by atoms with Gasteiger partial charge in [0.05, 0.1) is 11.8 Å². The van der Waals surface area contributed by atoms with Crippen LogP contribution in [0, 0.1) is 11.8 Å². The summed E-state index contributed by atoms with van der Waals surface area (Å²) in [6.07, 6.45) is -7.11.